The van der Waals surface area contributed by atoms with Crippen LogP contribution in [0, 0.1) is 0 Å². The fourth-order valence-electron chi connectivity index (χ4n) is 3.87. The van der Waals surface area contributed by atoms with Crippen molar-refractivity contribution in [3.63, 3.8) is 0 Å². The smallest absolute Gasteiger partial charge is 0.261 e. The van der Waals surface area contributed by atoms with E-state index in [1.807, 2.05) is 11.0 Å². The molecule has 0 saturated carbocycles. The molecule has 0 spiro atoms. The number of nitrogens with one attached hydrogen (secondary N) is 1. The lowest BCUT2D eigenvalue weighted by atomic mass is 9.92. The molecule has 27 heavy (non-hydrogen) atoms. The standard InChI is InChI=1S/C21H24N2O3S/c24-21(23-13-3-4-14-23)17-7-10-19(11-8-17)22-27(25,26)20-12-9-16-5-1-2-6-18(16)15-20/h7-12,15,22H,1-6,13-14H2. The number of carbonyl (C=O) groups is 1. The lowest BCUT2D eigenvalue weighted by Crippen LogP contribution is -2.27. The van der Waals surface area contributed by atoms with Crippen LogP contribution in [0.1, 0.15) is 47.2 Å². The summed E-state index contributed by atoms with van der Waals surface area (Å²) in [6.45, 7) is 1.59. The number of nitrogens with zero attached hydrogens (tertiary/aromatic N) is 1. The minimum absolute atomic E-state index is 0.0107. The van der Waals surface area contributed by atoms with Gasteiger partial charge in [-0.1, -0.05) is 6.07 Å². The van der Waals surface area contributed by atoms with E-state index in [9.17, 15) is 13.2 Å². The normalized spacial score (nSPS) is 16.8. The van der Waals surface area contributed by atoms with Crippen molar-refractivity contribution in [3.8, 4) is 0 Å². The minimum atomic E-state index is -3.64. The monoisotopic (exact) mass is 384 g/mol. The van der Waals surface area contributed by atoms with Gasteiger partial charge in [-0.2, -0.15) is 0 Å². The fraction of sp³-hybridized carbons (Fsp3) is 0.381. The zero-order chi connectivity index (χ0) is 18.9. The largest absolute Gasteiger partial charge is 0.339 e. The molecule has 5 nitrogen and oxygen atoms in total. The first-order valence-corrected chi connectivity index (χ1v) is 11.1. The molecule has 1 aliphatic heterocycles. The quantitative estimate of drug-likeness (QED) is 0.876. The van der Waals surface area contributed by atoms with Crippen LogP contribution in [-0.4, -0.2) is 32.3 Å². The number of aryl methyl sites for hydroxylation is 2. The summed E-state index contributed by atoms with van der Waals surface area (Å²) < 4.78 is 28.1. The second-order valence-electron chi connectivity index (χ2n) is 7.32. The Morgan fingerprint density at radius 2 is 1.52 bits per heavy atom. The van der Waals surface area contributed by atoms with Gasteiger partial charge in [0.05, 0.1) is 4.90 Å². The molecular weight excluding hydrogens is 360 g/mol. The number of likely N-dealkylation sites (tertiary alicyclic amines) is 1. The third-order valence-corrected chi connectivity index (χ3v) is 6.79. The van der Waals surface area contributed by atoms with Crippen molar-refractivity contribution in [3.05, 3.63) is 59.2 Å². The Labute approximate surface area is 160 Å². The molecule has 1 N–H and O–H groups in total. The van der Waals surface area contributed by atoms with Gasteiger partial charge >= 0.3 is 0 Å². The van der Waals surface area contributed by atoms with Gasteiger partial charge in [-0.25, -0.2) is 8.42 Å². The minimum Gasteiger partial charge on any atom is -0.339 e. The molecule has 6 heteroatoms. The average Bonchev–Trinajstić information content (AvgIpc) is 3.22. The van der Waals surface area contributed by atoms with E-state index in [4.69, 9.17) is 0 Å². The Bertz CT molecular complexity index is 946. The summed E-state index contributed by atoms with van der Waals surface area (Å²) >= 11 is 0. The van der Waals surface area contributed by atoms with E-state index in [1.54, 1.807) is 36.4 Å². The van der Waals surface area contributed by atoms with Crippen LogP contribution in [0.5, 0.6) is 0 Å². The van der Waals surface area contributed by atoms with E-state index >= 15 is 0 Å². The van der Waals surface area contributed by atoms with E-state index in [1.165, 1.54) is 12.0 Å². The van der Waals surface area contributed by atoms with E-state index in [0.717, 1.165) is 50.8 Å². The average molecular weight is 385 g/mol. The maximum absolute atomic E-state index is 12.7. The Kier molecular flexibility index (Phi) is 4.91. The first-order chi connectivity index (χ1) is 13.0. The van der Waals surface area contributed by atoms with Crippen LogP contribution in [0.15, 0.2) is 47.4 Å². The molecular formula is C21H24N2O3S. The Morgan fingerprint density at radius 3 is 2.22 bits per heavy atom. The molecule has 142 valence electrons. The zero-order valence-corrected chi connectivity index (χ0v) is 16.1. The molecule has 1 amide bonds. The highest BCUT2D eigenvalue weighted by Crippen LogP contribution is 2.25. The van der Waals surface area contributed by atoms with Gasteiger partial charge in [0.2, 0.25) is 0 Å². The van der Waals surface area contributed by atoms with Gasteiger partial charge in [0.25, 0.3) is 15.9 Å². The summed E-state index contributed by atoms with van der Waals surface area (Å²) in [6, 6.07) is 12.1. The highest BCUT2D eigenvalue weighted by Gasteiger charge is 2.20. The van der Waals surface area contributed by atoms with Crippen LogP contribution in [0.4, 0.5) is 5.69 Å². The molecule has 1 aliphatic carbocycles. The van der Waals surface area contributed by atoms with Crippen LogP contribution in [0.3, 0.4) is 0 Å². The number of sulfonamides is 1. The van der Waals surface area contributed by atoms with Crippen LogP contribution in [-0.2, 0) is 22.9 Å². The summed E-state index contributed by atoms with van der Waals surface area (Å²) in [5.74, 6) is 0.0107. The first kappa shape index (κ1) is 18.0. The Balaban J connectivity index is 1.50. The molecule has 4 rings (SSSR count). The van der Waals surface area contributed by atoms with E-state index < -0.39 is 10.0 Å². The summed E-state index contributed by atoms with van der Waals surface area (Å²) in [4.78, 5) is 14.5. The van der Waals surface area contributed by atoms with Crippen LogP contribution in [0.2, 0.25) is 0 Å². The summed E-state index contributed by atoms with van der Waals surface area (Å²) in [7, 11) is -3.64. The molecule has 0 aromatic heterocycles. The number of rotatable bonds is 4. The SMILES string of the molecule is O=C(c1ccc(NS(=O)(=O)c2ccc3c(c2)CCCC3)cc1)N1CCCC1. The number of amides is 1. The van der Waals surface area contributed by atoms with Crippen LogP contribution < -0.4 is 4.72 Å². The molecule has 0 atom stereocenters. The molecule has 0 bridgehead atoms. The number of carbonyl (C=O) groups excluding carboxylic acids is 1. The van der Waals surface area contributed by atoms with Gasteiger partial charge in [0, 0.05) is 24.3 Å². The molecule has 2 aromatic rings. The van der Waals surface area contributed by atoms with E-state index in [-0.39, 0.29) is 5.91 Å². The highest BCUT2D eigenvalue weighted by atomic mass is 32.2. The van der Waals surface area contributed by atoms with Gasteiger partial charge in [-0.05, 0) is 86.1 Å². The van der Waals surface area contributed by atoms with Gasteiger partial charge in [-0.3, -0.25) is 9.52 Å². The first-order valence-electron chi connectivity index (χ1n) is 9.57. The van der Waals surface area contributed by atoms with Gasteiger partial charge in [0.15, 0.2) is 0 Å². The predicted octanol–water partition coefficient (Wildman–Crippen LogP) is 3.60. The van der Waals surface area contributed by atoms with Crippen molar-refractivity contribution in [2.45, 2.75) is 43.4 Å². The third-order valence-electron chi connectivity index (χ3n) is 5.41. The number of benzene rings is 2. The molecule has 0 unspecified atom stereocenters. The van der Waals surface area contributed by atoms with Crippen molar-refractivity contribution in [1.29, 1.82) is 0 Å². The van der Waals surface area contributed by atoms with Gasteiger partial charge < -0.3 is 4.90 Å². The van der Waals surface area contributed by atoms with E-state index in [2.05, 4.69) is 4.72 Å². The second-order valence-corrected chi connectivity index (χ2v) is 9.00. The predicted molar refractivity (Wildman–Crippen MR) is 105 cm³/mol. The molecule has 1 heterocycles. The van der Waals surface area contributed by atoms with Crippen LogP contribution in [0.25, 0.3) is 0 Å². The lowest BCUT2D eigenvalue weighted by molar-refractivity contribution is 0.0793. The lowest BCUT2D eigenvalue weighted by Gasteiger charge is -2.17. The van der Waals surface area contributed by atoms with Crippen molar-refractivity contribution in [2.75, 3.05) is 17.8 Å². The zero-order valence-electron chi connectivity index (χ0n) is 15.3. The number of fused-ring (bicyclic) bond motifs is 1. The summed E-state index contributed by atoms with van der Waals surface area (Å²) in [5, 5.41) is 0. The fourth-order valence-corrected chi connectivity index (χ4v) is 4.98. The number of anilines is 1. The van der Waals surface area contributed by atoms with Crippen molar-refractivity contribution in [1.82, 2.24) is 4.90 Å². The van der Waals surface area contributed by atoms with Crippen molar-refractivity contribution < 1.29 is 13.2 Å². The van der Waals surface area contributed by atoms with Crippen molar-refractivity contribution >= 4 is 21.6 Å². The maximum atomic E-state index is 12.7. The molecule has 2 aromatic carbocycles. The summed E-state index contributed by atoms with van der Waals surface area (Å²) in [6.07, 6.45) is 6.33. The van der Waals surface area contributed by atoms with Gasteiger partial charge in [-0.15, -0.1) is 0 Å². The highest BCUT2D eigenvalue weighted by molar-refractivity contribution is 7.92. The second kappa shape index (κ2) is 7.35. The van der Waals surface area contributed by atoms with E-state index in [0.29, 0.717) is 16.1 Å². The Hall–Kier alpha value is -2.34. The third kappa shape index (κ3) is 3.86. The van der Waals surface area contributed by atoms with Gasteiger partial charge in [0.1, 0.15) is 0 Å². The number of hydrogen-bond donors (Lipinski definition) is 1. The Morgan fingerprint density at radius 1 is 0.852 bits per heavy atom. The molecule has 0 radical (unpaired) electrons. The van der Waals surface area contributed by atoms with Crippen LogP contribution >= 0.6 is 0 Å². The number of hydrogen-bond acceptors (Lipinski definition) is 3. The summed E-state index contributed by atoms with van der Waals surface area (Å²) in [5.41, 5.74) is 3.44. The van der Waals surface area contributed by atoms with Crippen molar-refractivity contribution in [2.24, 2.45) is 0 Å². The maximum Gasteiger partial charge on any atom is 0.261 e. The topological polar surface area (TPSA) is 66.5 Å². The molecule has 1 fully saturated rings. The molecule has 2 aliphatic rings. The molecule has 1 saturated heterocycles.